The summed E-state index contributed by atoms with van der Waals surface area (Å²) in [5, 5.41) is 16.5. The second-order valence-corrected chi connectivity index (χ2v) is 4.05. The third kappa shape index (κ3) is 2.40. The molecule has 0 fully saturated rings. The number of hydrogen-bond acceptors (Lipinski definition) is 5. The maximum absolute atomic E-state index is 11.3. The van der Waals surface area contributed by atoms with Crippen molar-refractivity contribution < 1.29 is 9.72 Å². The van der Waals surface area contributed by atoms with E-state index in [2.05, 4.69) is 10.6 Å². The Hall–Kier alpha value is -2.15. The molecule has 0 radical (unpaired) electrons. The van der Waals surface area contributed by atoms with Gasteiger partial charge in [0, 0.05) is 25.6 Å². The number of benzene rings is 1. The highest BCUT2D eigenvalue weighted by atomic mass is 16.6. The minimum Gasteiger partial charge on any atom is -0.378 e. The molecular weight excluding hydrogens is 236 g/mol. The molecule has 0 atom stereocenters. The van der Waals surface area contributed by atoms with Crippen LogP contribution in [0, 0.1) is 10.1 Å². The fourth-order valence-corrected chi connectivity index (χ4v) is 1.92. The molecular formula is C11H14N4O3. The Morgan fingerprint density at radius 3 is 2.89 bits per heavy atom. The molecule has 2 rings (SSSR count). The minimum atomic E-state index is -0.472. The molecule has 7 nitrogen and oxygen atoms in total. The second-order valence-electron chi connectivity index (χ2n) is 4.05. The molecule has 1 heterocycles. The number of fused-ring (bicyclic) bond motifs is 1. The van der Waals surface area contributed by atoms with E-state index in [1.807, 2.05) is 0 Å². The Kier molecular flexibility index (Phi) is 3.42. The lowest BCUT2D eigenvalue weighted by molar-refractivity contribution is -0.383. The van der Waals surface area contributed by atoms with Gasteiger partial charge in [0.25, 0.3) is 5.69 Å². The first-order chi connectivity index (χ1) is 8.61. The van der Waals surface area contributed by atoms with Crippen LogP contribution >= 0.6 is 0 Å². The van der Waals surface area contributed by atoms with Crippen LogP contribution in [-0.4, -0.2) is 23.9 Å². The lowest BCUT2D eigenvalue weighted by Crippen LogP contribution is -2.20. The number of nitrogens with two attached hydrogens (primary N) is 1. The third-order valence-electron chi connectivity index (χ3n) is 2.77. The van der Waals surface area contributed by atoms with Gasteiger partial charge >= 0.3 is 0 Å². The largest absolute Gasteiger partial charge is 0.378 e. The van der Waals surface area contributed by atoms with Gasteiger partial charge in [0.1, 0.15) is 5.69 Å². The van der Waals surface area contributed by atoms with E-state index in [9.17, 15) is 14.9 Å². The summed E-state index contributed by atoms with van der Waals surface area (Å²) < 4.78 is 0. The SMILES string of the molecule is NCCNc1cc2c(cc1[N+](=O)[O-])NC(=O)CC2. The van der Waals surface area contributed by atoms with Crippen LogP contribution in [-0.2, 0) is 11.2 Å². The third-order valence-corrected chi connectivity index (χ3v) is 2.77. The van der Waals surface area contributed by atoms with Gasteiger partial charge in [0.05, 0.1) is 10.6 Å². The molecule has 1 aliphatic heterocycles. The van der Waals surface area contributed by atoms with Crippen molar-refractivity contribution in [2.45, 2.75) is 12.8 Å². The number of rotatable bonds is 4. The van der Waals surface area contributed by atoms with Crippen molar-refractivity contribution in [3.05, 3.63) is 27.8 Å². The molecule has 0 aliphatic carbocycles. The lowest BCUT2D eigenvalue weighted by Gasteiger charge is -2.18. The number of anilines is 2. The van der Waals surface area contributed by atoms with Crippen LogP contribution in [0.2, 0.25) is 0 Å². The molecule has 18 heavy (non-hydrogen) atoms. The molecule has 0 aromatic heterocycles. The van der Waals surface area contributed by atoms with Crippen LogP contribution in [0.25, 0.3) is 0 Å². The van der Waals surface area contributed by atoms with Crippen LogP contribution < -0.4 is 16.4 Å². The molecule has 1 aromatic rings. The van der Waals surface area contributed by atoms with E-state index in [-0.39, 0.29) is 11.6 Å². The van der Waals surface area contributed by atoms with E-state index in [0.29, 0.717) is 37.3 Å². The first-order valence-corrected chi connectivity index (χ1v) is 5.67. The van der Waals surface area contributed by atoms with Gasteiger partial charge in [-0.1, -0.05) is 0 Å². The highest BCUT2D eigenvalue weighted by Gasteiger charge is 2.22. The van der Waals surface area contributed by atoms with Crippen LogP contribution in [0.3, 0.4) is 0 Å². The molecule has 7 heteroatoms. The Labute approximate surface area is 104 Å². The molecule has 96 valence electrons. The van der Waals surface area contributed by atoms with Crippen molar-refractivity contribution in [2.24, 2.45) is 5.73 Å². The van der Waals surface area contributed by atoms with Gasteiger partial charge in [-0.25, -0.2) is 0 Å². The quantitative estimate of drug-likeness (QED) is 0.542. The van der Waals surface area contributed by atoms with Gasteiger partial charge in [-0.05, 0) is 18.1 Å². The molecule has 0 saturated carbocycles. The number of carbonyl (C=O) groups excluding carboxylic acids is 1. The van der Waals surface area contributed by atoms with Gasteiger partial charge in [-0.3, -0.25) is 14.9 Å². The Morgan fingerprint density at radius 1 is 1.44 bits per heavy atom. The van der Waals surface area contributed by atoms with Crippen molar-refractivity contribution in [2.75, 3.05) is 23.7 Å². The predicted molar refractivity (Wildman–Crippen MR) is 67.6 cm³/mol. The van der Waals surface area contributed by atoms with E-state index in [1.54, 1.807) is 6.07 Å². The zero-order chi connectivity index (χ0) is 13.1. The fraction of sp³-hybridized carbons (Fsp3) is 0.364. The molecule has 0 unspecified atom stereocenters. The molecule has 1 amide bonds. The summed E-state index contributed by atoms with van der Waals surface area (Å²) in [7, 11) is 0. The molecule has 0 bridgehead atoms. The summed E-state index contributed by atoms with van der Waals surface area (Å²) in [6.45, 7) is 0.858. The van der Waals surface area contributed by atoms with E-state index in [4.69, 9.17) is 5.73 Å². The highest BCUT2D eigenvalue weighted by molar-refractivity contribution is 5.95. The average Bonchev–Trinajstić information content (AvgIpc) is 2.35. The zero-order valence-corrected chi connectivity index (χ0v) is 9.73. The topological polar surface area (TPSA) is 110 Å². The predicted octanol–water partition coefficient (Wildman–Crippen LogP) is 0.850. The number of nitro groups is 1. The summed E-state index contributed by atoms with van der Waals surface area (Å²) >= 11 is 0. The second kappa shape index (κ2) is 5.01. The minimum absolute atomic E-state index is 0.0515. The number of nitro benzene ring substituents is 1. The van der Waals surface area contributed by atoms with Crippen LogP contribution in [0.5, 0.6) is 0 Å². The molecule has 0 saturated heterocycles. The molecule has 4 N–H and O–H groups in total. The van der Waals surface area contributed by atoms with E-state index < -0.39 is 4.92 Å². The molecule has 1 aliphatic rings. The van der Waals surface area contributed by atoms with Crippen molar-refractivity contribution in [3.8, 4) is 0 Å². The monoisotopic (exact) mass is 250 g/mol. The zero-order valence-electron chi connectivity index (χ0n) is 9.73. The average molecular weight is 250 g/mol. The van der Waals surface area contributed by atoms with Crippen LogP contribution in [0.4, 0.5) is 17.1 Å². The van der Waals surface area contributed by atoms with Crippen molar-refractivity contribution in [1.82, 2.24) is 0 Å². The summed E-state index contributed by atoms with van der Waals surface area (Å²) in [5.74, 6) is -0.112. The number of carbonyl (C=O) groups is 1. The van der Waals surface area contributed by atoms with E-state index in [0.717, 1.165) is 5.56 Å². The van der Waals surface area contributed by atoms with Crippen molar-refractivity contribution in [3.63, 3.8) is 0 Å². The smallest absolute Gasteiger partial charge is 0.294 e. The van der Waals surface area contributed by atoms with Crippen LogP contribution in [0.1, 0.15) is 12.0 Å². The first-order valence-electron chi connectivity index (χ1n) is 5.67. The maximum Gasteiger partial charge on any atom is 0.294 e. The fourth-order valence-electron chi connectivity index (χ4n) is 1.92. The Balaban J connectivity index is 2.40. The summed E-state index contributed by atoms with van der Waals surface area (Å²) in [5.41, 5.74) is 7.19. The lowest BCUT2D eigenvalue weighted by atomic mass is 10.0. The number of aryl methyl sites for hydroxylation is 1. The van der Waals surface area contributed by atoms with Crippen LogP contribution in [0.15, 0.2) is 12.1 Å². The van der Waals surface area contributed by atoms with Crippen molar-refractivity contribution in [1.29, 1.82) is 0 Å². The number of nitrogens with one attached hydrogen (secondary N) is 2. The van der Waals surface area contributed by atoms with Gasteiger partial charge in [0.2, 0.25) is 5.91 Å². The highest BCUT2D eigenvalue weighted by Crippen LogP contribution is 2.33. The van der Waals surface area contributed by atoms with Gasteiger partial charge in [-0.15, -0.1) is 0 Å². The van der Waals surface area contributed by atoms with Gasteiger partial charge < -0.3 is 16.4 Å². The first kappa shape index (κ1) is 12.3. The normalized spacial score (nSPS) is 13.7. The standard InChI is InChI=1S/C11H14N4O3/c12-3-4-13-9-5-7-1-2-11(16)14-8(7)6-10(9)15(17)18/h5-6,13H,1-4,12H2,(H,14,16). The maximum atomic E-state index is 11.3. The Morgan fingerprint density at radius 2 is 2.22 bits per heavy atom. The molecule has 1 aromatic carbocycles. The number of hydrogen-bond donors (Lipinski definition) is 3. The Bertz CT molecular complexity index is 501. The van der Waals surface area contributed by atoms with Gasteiger partial charge in [0.15, 0.2) is 0 Å². The summed E-state index contributed by atoms with van der Waals surface area (Å²) in [6, 6.07) is 3.10. The van der Waals surface area contributed by atoms with E-state index in [1.165, 1.54) is 6.07 Å². The van der Waals surface area contributed by atoms with Gasteiger partial charge in [-0.2, -0.15) is 0 Å². The number of amides is 1. The van der Waals surface area contributed by atoms with Crippen molar-refractivity contribution >= 4 is 23.0 Å². The summed E-state index contributed by atoms with van der Waals surface area (Å²) in [6.07, 6.45) is 0.998. The van der Waals surface area contributed by atoms with E-state index >= 15 is 0 Å². The number of nitrogens with zero attached hydrogens (tertiary/aromatic N) is 1. The molecule has 0 spiro atoms. The summed E-state index contributed by atoms with van der Waals surface area (Å²) in [4.78, 5) is 21.8.